The number of carbonyl (C=O) groups is 2. The number of nitrogens with one attached hydrogen (secondary N) is 2. The second-order valence-electron chi connectivity index (χ2n) is 3.53. The number of carbonyl (C=O) groups excluding carboxylic acids is 2. The molecular weight excluding hydrogens is 220 g/mol. The second kappa shape index (κ2) is 5.83. The van der Waals surface area contributed by atoms with Gasteiger partial charge < -0.3 is 16.4 Å². The molecule has 1 aromatic rings. The van der Waals surface area contributed by atoms with Crippen molar-refractivity contribution in [2.75, 3.05) is 12.3 Å². The number of nitrogen functional groups attached to an aromatic ring is 1. The van der Waals surface area contributed by atoms with Crippen molar-refractivity contribution in [2.24, 2.45) is 0 Å². The van der Waals surface area contributed by atoms with Gasteiger partial charge >= 0.3 is 0 Å². The minimum absolute atomic E-state index is 0.146. The van der Waals surface area contributed by atoms with Gasteiger partial charge in [-0.3, -0.25) is 9.59 Å². The molecule has 4 N–H and O–H groups in total. The van der Waals surface area contributed by atoms with E-state index in [9.17, 15) is 9.59 Å². The van der Waals surface area contributed by atoms with Gasteiger partial charge in [0, 0.05) is 12.7 Å². The monoisotopic (exact) mass is 236 g/mol. The molecule has 0 saturated carbocycles. The zero-order chi connectivity index (χ0) is 12.8. The van der Waals surface area contributed by atoms with E-state index in [-0.39, 0.29) is 17.3 Å². The summed E-state index contributed by atoms with van der Waals surface area (Å²) in [4.78, 5) is 27.0. The second-order valence-corrected chi connectivity index (χ2v) is 3.53. The third kappa shape index (κ3) is 3.44. The smallest absolute Gasteiger partial charge is 0.255 e. The first-order valence-electron chi connectivity index (χ1n) is 5.35. The average molecular weight is 236 g/mol. The predicted molar refractivity (Wildman–Crippen MR) is 64.3 cm³/mol. The predicted octanol–water partition coefficient (Wildman–Crippen LogP) is -0.0818. The van der Waals surface area contributed by atoms with Crippen molar-refractivity contribution in [1.29, 1.82) is 0 Å². The molecule has 0 bridgehead atoms. The van der Waals surface area contributed by atoms with E-state index in [4.69, 9.17) is 5.73 Å². The lowest BCUT2D eigenvalue weighted by molar-refractivity contribution is -0.122. The molecule has 1 atom stereocenters. The van der Waals surface area contributed by atoms with E-state index in [1.807, 2.05) is 6.92 Å². The highest BCUT2D eigenvalue weighted by Gasteiger charge is 2.17. The van der Waals surface area contributed by atoms with Crippen LogP contribution in [0, 0.1) is 0 Å². The van der Waals surface area contributed by atoms with Gasteiger partial charge in [0.1, 0.15) is 11.9 Å². The third-order valence-electron chi connectivity index (χ3n) is 2.18. The van der Waals surface area contributed by atoms with Gasteiger partial charge in [0.15, 0.2) is 0 Å². The van der Waals surface area contributed by atoms with Gasteiger partial charge in [0.25, 0.3) is 5.91 Å². The van der Waals surface area contributed by atoms with Gasteiger partial charge in [-0.15, -0.1) is 0 Å². The molecule has 17 heavy (non-hydrogen) atoms. The van der Waals surface area contributed by atoms with Crippen LogP contribution in [0.15, 0.2) is 18.3 Å². The first-order chi connectivity index (χ1) is 8.06. The van der Waals surface area contributed by atoms with Gasteiger partial charge in [-0.1, -0.05) is 0 Å². The summed E-state index contributed by atoms with van der Waals surface area (Å²) in [6, 6.07) is 2.56. The van der Waals surface area contributed by atoms with Crippen molar-refractivity contribution in [3.05, 3.63) is 23.9 Å². The fourth-order valence-electron chi connectivity index (χ4n) is 1.28. The molecule has 92 valence electrons. The summed E-state index contributed by atoms with van der Waals surface area (Å²) in [5.41, 5.74) is 5.83. The Hall–Kier alpha value is -2.11. The molecule has 1 aromatic heterocycles. The Labute approximate surface area is 99.6 Å². The fourth-order valence-corrected chi connectivity index (χ4v) is 1.28. The topological polar surface area (TPSA) is 97.1 Å². The van der Waals surface area contributed by atoms with Gasteiger partial charge in [-0.2, -0.15) is 0 Å². The molecule has 0 aliphatic rings. The van der Waals surface area contributed by atoms with Crippen LogP contribution in [0.3, 0.4) is 0 Å². The Morgan fingerprint density at radius 1 is 1.53 bits per heavy atom. The van der Waals surface area contributed by atoms with Crippen LogP contribution in [0.2, 0.25) is 0 Å². The lowest BCUT2D eigenvalue weighted by Crippen LogP contribution is -2.44. The van der Waals surface area contributed by atoms with Crippen LogP contribution in [0.5, 0.6) is 0 Å². The van der Waals surface area contributed by atoms with E-state index in [1.165, 1.54) is 6.20 Å². The number of rotatable bonds is 4. The maximum atomic E-state index is 11.8. The summed E-state index contributed by atoms with van der Waals surface area (Å²) in [6.45, 7) is 3.94. The quantitative estimate of drug-likeness (QED) is 0.681. The van der Waals surface area contributed by atoms with Crippen molar-refractivity contribution < 1.29 is 9.59 Å². The maximum absolute atomic E-state index is 11.8. The molecule has 1 rings (SSSR count). The largest absolute Gasteiger partial charge is 0.383 e. The van der Waals surface area contributed by atoms with Gasteiger partial charge in [-0.25, -0.2) is 4.98 Å². The third-order valence-corrected chi connectivity index (χ3v) is 2.18. The van der Waals surface area contributed by atoms with E-state index < -0.39 is 11.9 Å². The number of amides is 2. The first kappa shape index (κ1) is 13.0. The number of likely N-dealkylation sites (N-methyl/N-ethyl adjacent to an activating group) is 1. The Balaban J connectivity index is 2.67. The van der Waals surface area contributed by atoms with Crippen LogP contribution in [-0.4, -0.2) is 29.4 Å². The summed E-state index contributed by atoms with van der Waals surface area (Å²) < 4.78 is 0. The average Bonchev–Trinajstić information content (AvgIpc) is 2.29. The summed E-state index contributed by atoms with van der Waals surface area (Å²) in [7, 11) is 0. The lowest BCUT2D eigenvalue weighted by Gasteiger charge is -2.13. The summed E-state index contributed by atoms with van der Waals surface area (Å²) >= 11 is 0. The van der Waals surface area contributed by atoms with Crippen LogP contribution >= 0.6 is 0 Å². The van der Waals surface area contributed by atoms with E-state index in [0.29, 0.717) is 6.54 Å². The Bertz CT molecular complexity index is 420. The van der Waals surface area contributed by atoms with Crippen molar-refractivity contribution in [2.45, 2.75) is 19.9 Å². The zero-order valence-corrected chi connectivity index (χ0v) is 9.86. The van der Waals surface area contributed by atoms with Crippen molar-refractivity contribution >= 4 is 17.6 Å². The van der Waals surface area contributed by atoms with E-state index in [2.05, 4.69) is 15.6 Å². The van der Waals surface area contributed by atoms with Crippen LogP contribution < -0.4 is 16.4 Å². The minimum Gasteiger partial charge on any atom is -0.383 e. The normalized spacial score (nSPS) is 11.6. The number of hydrogen-bond acceptors (Lipinski definition) is 4. The molecule has 0 aliphatic carbocycles. The lowest BCUT2D eigenvalue weighted by atomic mass is 10.2. The molecule has 0 aliphatic heterocycles. The maximum Gasteiger partial charge on any atom is 0.255 e. The number of nitrogens with zero attached hydrogens (tertiary/aromatic N) is 1. The van der Waals surface area contributed by atoms with Crippen LogP contribution in [0.4, 0.5) is 5.82 Å². The van der Waals surface area contributed by atoms with Crippen molar-refractivity contribution in [1.82, 2.24) is 15.6 Å². The van der Waals surface area contributed by atoms with E-state index in [0.717, 1.165) is 0 Å². The first-order valence-corrected chi connectivity index (χ1v) is 5.35. The molecule has 0 spiro atoms. The molecular formula is C11H16N4O2. The minimum atomic E-state index is -0.609. The summed E-state index contributed by atoms with van der Waals surface area (Å²) in [6.07, 6.45) is 1.50. The van der Waals surface area contributed by atoms with Crippen molar-refractivity contribution in [3.8, 4) is 0 Å². The Morgan fingerprint density at radius 2 is 2.24 bits per heavy atom. The highest BCUT2D eigenvalue weighted by molar-refractivity contribution is 6.00. The molecule has 6 heteroatoms. The highest BCUT2D eigenvalue weighted by Crippen LogP contribution is 2.06. The number of aromatic nitrogens is 1. The fraction of sp³-hybridized carbons (Fsp3) is 0.364. The van der Waals surface area contributed by atoms with Gasteiger partial charge in [0.05, 0.1) is 5.56 Å². The number of anilines is 1. The zero-order valence-electron chi connectivity index (χ0n) is 9.86. The molecule has 2 amide bonds. The van der Waals surface area contributed by atoms with Gasteiger partial charge in [0.2, 0.25) is 5.91 Å². The Morgan fingerprint density at radius 3 is 2.82 bits per heavy atom. The molecule has 0 fully saturated rings. The summed E-state index contributed by atoms with van der Waals surface area (Å²) in [5, 5.41) is 5.17. The molecule has 1 heterocycles. The molecule has 1 unspecified atom stereocenters. The van der Waals surface area contributed by atoms with Crippen LogP contribution in [-0.2, 0) is 4.79 Å². The SMILES string of the molecule is CCNC(=O)C(C)NC(=O)c1cccnc1N. The number of nitrogens with two attached hydrogens (primary N) is 1. The molecule has 6 nitrogen and oxygen atoms in total. The molecule has 0 saturated heterocycles. The highest BCUT2D eigenvalue weighted by atomic mass is 16.2. The number of pyridine rings is 1. The molecule has 0 radical (unpaired) electrons. The molecule has 0 aromatic carbocycles. The van der Waals surface area contributed by atoms with Crippen molar-refractivity contribution in [3.63, 3.8) is 0 Å². The van der Waals surface area contributed by atoms with E-state index >= 15 is 0 Å². The standard InChI is InChI=1S/C11H16N4O2/c1-3-13-10(16)7(2)15-11(17)8-5-4-6-14-9(8)12/h4-7H,3H2,1-2H3,(H2,12,14)(H,13,16)(H,15,17). The van der Waals surface area contributed by atoms with Crippen LogP contribution in [0.25, 0.3) is 0 Å². The Kier molecular flexibility index (Phi) is 4.45. The van der Waals surface area contributed by atoms with Gasteiger partial charge in [-0.05, 0) is 26.0 Å². The van der Waals surface area contributed by atoms with Crippen LogP contribution in [0.1, 0.15) is 24.2 Å². The van der Waals surface area contributed by atoms with E-state index in [1.54, 1.807) is 19.1 Å². The summed E-state index contributed by atoms with van der Waals surface area (Å²) in [5.74, 6) is -0.495. The number of hydrogen-bond donors (Lipinski definition) is 3.